The molecule has 0 aromatic rings. The Bertz CT molecular complexity index is 188. The highest BCUT2D eigenvalue weighted by Gasteiger charge is 2.23. The third-order valence-corrected chi connectivity index (χ3v) is 1.48. The summed E-state index contributed by atoms with van der Waals surface area (Å²) in [5.41, 5.74) is 0. The fraction of sp³-hybridized carbons (Fsp3) is 0.667. The van der Waals surface area contributed by atoms with E-state index in [-0.39, 0.29) is 6.04 Å². The van der Waals surface area contributed by atoms with Crippen molar-refractivity contribution >= 4 is 11.9 Å². The molecule has 10 heavy (non-hydrogen) atoms. The van der Waals surface area contributed by atoms with Crippen LogP contribution in [-0.4, -0.2) is 34.5 Å². The fourth-order valence-corrected chi connectivity index (χ4v) is 1.04. The molecule has 1 amide bonds. The van der Waals surface area contributed by atoms with Gasteiger partial charge in [0.25, 0.3) is 0 Å². The largest absolute Gasteiger partial charge is 0.465 e. The van der Waals surface area contributed by atoms with Crippen LogP contribution < -0.4 is 0 Å². The maximum absolute atomic E-state index is 10.4. The molecule has 0 aliphatic carbocycles. The van der Waals surface area contributed by atoms with Crippen molar-refractivity contribution < 1.29 is 9.90 Å². The molecule has 1 aliphatic heterocycles. The predicted octanol–water partition coefficient (Wildman–Crippen LogP) is 0.787. The smallest absolute Gasteiger partial charge is 0.412 e. The molecule has 1 heterocycles. The number of carbonyl (C=O) groups is 1. The first kappa shape index (κ1) is 7.05. The molecule has 0 saturated heterocycles. The summed E-state index contributed by atoms with van der Waals surface area (Å²) in [7, 11) is 0. The third kappa shape index (κ3) is 1.10. The Hall–Kier alpha value is -1.06. The van der Waals surface area contributed by atoms with Crippen molar-refractivity contribution in [1.29, 1.82) is 0 Å². The van der Waals surface area contributed by atoms with Gasteiger partial charge in [-0.05, 0) is 13.8 Å². The van der Waals surface area contributed by atoms with Crippen molar-refractivity contribution in [2.45, 2.75) is 19.9 Å². The van der Waals surface area contributed by atoms with Crippen LogP contribution in [0, 0.1) is 0 Å². The lowest BCUT2D eigenvalue weighted by molar-refractivity contribution is 0.170. The number of carboxylic acid groups (broad SMARTS) is 1. The highest BCUT2D eigenvalue weighted by atomic mass is 16.4. The molecule has 0 spiro atoms. The molecule has 0 bridgehead atoms. The van der Waals surface area contributed by atoms with Crippen LogP contribution in [0.3, 0.4) is 0 Å². The molecule has 56 valence electrons. The molecule has 1 rings (SSSR count). The number of amides is 1. The Balaban J connectivity index is 2.68. The lowest BCUT2D eigenvalue weighted by Gasteiger charge is -2.10. The number of hydrogen-bond donors (Lipinski definition) is 1. The Morgan fingerprint density at radius 2 is 2.50 bits per heavy atom. The van der Waals surface area contributed by atoms with Crippen LogP contribution in [0.25, 0.3) is 0 Å². The van der Waals surface area contributed by atoms with E-state index in [9.17, 15) is 4.79 Å². The molecular weight excluding hydrogens is 132 g/mol. The lowest BCUT2D eigenvalue weighted by atomic mass is 10.4. The maximum Gasteiger partial charge on any atom is 0.412 e. The zero-order valence-electron chi connectivity index (χ0n) is 6.03. The Morgan fingerprint density at radius 3 is 2.70 bits per heavy atom. The highest BCUT2D eigenvalue weighted by Crippen LogP contribution is 2.07. The second-order valence-corrected chi connectivity index (χ2v) is 2.42. The minimum absolute atomic E-state index is 0.121. The standard InChI is InChI=1S/C6H10N2O2/c1-4-3-8(6(9)10)5(2)7-4/h4H,3H2,1-2H3,(H,9,10). The van der Waals surface area contributed by atoms with Gasteiger partial charge in [-0.25, -0.2) is 4.79 Å². The topological polar surface area (TPSA) is 52.9 Å². The first-order chi connectivity index (χ1) is 4.61. The zero-order valence-corrected chi connectivity index (χ0v) is 6.03. The summed E-state index contributed by atoms with van der Waals surface area (Å²) in [4.78, 5) is 15.7. The molecule has 4 nitrogen and oxygen atoms in total. The molecule has 0 saturated carbocycles. The van der Waals surface area contributed by atoms with E-state index in [1.807, 2.05) is 6.92 Å². The highest BCUT2D eigenvalue weighted by molar-refractivity contribution is 5.94. The van der Waals surface area contributed by atoms with Crippen molar-refractivity contribution in [1.82, 2.24) is 4.90 Å². The van der Waals surface area contributed by atoms with E-state index in [1.165, 1.54) is 4.90 Å². The summed E-state index contributed by atoms with van der Waals surface area (Å²) >= 11 is 0. The van der Waals surface area contributed by atoms with E-state index >= 15 is 0 Å². The van der Waals surface area contributed by atoms with E-state index in [4.69, 9.17) is 5.11 Å². The van der Waals surface area contributed by atoms with Gasteiger partial charge < -0.3 is 5.11 Å². The fourth-order valence-electron chi connectivity index (χ4n) is 1.04. The van der Waals surface area contributed by atoms with Gasteiger partial charge >= 0.3 is 6.09 Å². The van der Waals surface area contributed by atoms with E-state index in [1.54, 1.807) is 6.92 Å². The number of amidine groups is 1. The average molecular weight is 142 g/mol. The van der Waals surface area contributed by atoms with Gasteiger partial charge in [0.05, 0.1) is 12.6 Å². The number of hydrogen-bond acceptors (Lipinski definition) is 2. The molecule has 0 fully saturated rings. The van der Waals surface area contributed by atoms with Crippen LogP contribution in [0.4, 0.5) is 4.79 Å². The maximum atomic E-state index is 10.4. The van der Waals surface area contributed by atoms with E-state index in [0.717, 1.165) is 0 Å². The molecule has 1 N–H and O–H groups in total. The van der Waals surface area contributed by atoms with Gasteiger partial charge in [0, 0.05) is 0 Å². The van der Waals surface area contributed by atoms with Gasteiger partial charge in [-0.3, -0.25) is 9.89 Å². The Morgan fingerprint density at radius 1 is 1.90 bits per heavy atom. The number of nitrogens with zero attached hydrogens (tertiary/aromatic N) is 2. The molecule has 1 unspecified atom stereocenters. The summed E-state index contributed by atoms with van der Waals surface area (Å²) in [6, 6.07) is 0.121. The monoisotopic (exact) mass is 142 g/mol. The van der Waals surface area contributed by atoms with E-state index in [0.29, 0.717) is 12.4 Å². The predicted molar refractivity (Wildman–Crippen MR) is 37.3 cm³/mol. The first-order valence-electron chi connectivity index (χ1n) is 3.16. The van der Waals surface area contributed by atoms with Crippen LogP contribution in [0.2, 0.25) is 0 Å². The van der Waals surface area contributed by atoms with Crippen LogP contribution >= 0.6 is 0 Å². The van der Waals surface area contributed by atoms with Gasteiger partial charge in [-0.1, -0.05) is 0 Å². The molecule has 4 heteroatoms. The van der Waals surface area contributed by atoms with E-state index in [2.05, 4.69) is 4.99 Å². The quantitative estimate of drug-likeness (QED) is 0.543. The van der Waals surface area contributed by atoms with Crippen molar-refractivity contribution in [3.05, 3.63) is 0 Å². The molecule has 0 radical (unpaired) electrons. The zero-order chi connectivity index (χ0) is 7.72. The van der Waals surface area contributed by atoms with Crippen molar-refractivity contribution in [2.24, 2.45) is 4.99 Å². The third-order valence-electron chi connectivity index (χ3n) is 1.48. The summed E-state index contributed by atoms with van der Waals surface area (Å²) in [6.07, 6.45) is -0.911. The minimum Gasteiger partial charge on any atom is -0.465 e. The summed E-state index contributed by atoms with van der Waals surface area (Å²) in [6.45, 7) is 4.10. The summed E-state index contributed by atoms with van der Waals surface area (Å²) < 4.78 is 0. The first-order valence-corrected chi connectivity index (χ1v) is 3.16. The Kier molecular flexibility index (Phi) is 1.61. The van der Waals surface area contributed by atoms with Crippen LogP contribution in [0.15, 0.2) is 4.99 Å². The van der Waals surface area contributed by atoms with Crippen molar-refractivity contribution in [2.75, 3.05) is 6.54 Å². The second kappa shape index (κ2) is 2.28. The molecule has 1 atom stereocenters. The van der Waals surface area contributed by atoms with Gasteiger partial charge in [-0.2, -0.15) is 0 Å². The van der Waals surface area contributed by atoms with Gasteiger partial charge in [-0.15, -0.1) is 0 Å². The van der Waals surface area contributed by atoms with Crippen molar-refractivity contribution in [3.8, 4) is 0 Å². The molecule has 1 aliphatic rings. The normalized spacial score (nSPS) is 24.8. The minimum atomic E-state index is -0.911. The van der Waals surface area contributed by atoms with Crippen LogP contribution in [0.5, 0.6) is 0 Å². The molecule has 0 aromatic heterocycles. The SMILES string of the molecule is CC1=NC(C)CN1C(=O)O. The lowest BCUT2D eigenvalue weighted by Crippen LogP contribution is -2.32. The van der Waals surface area contributed by atoms with Gasteiger partial charge in [0.15, 0.2) is 0 Å². The van der Waals surface area contributed by atoms with Crippen LogP contribution in [-0.2, 0) is 0 Å². The van der Waals surface area contributed by atoms with E-state index < -0.39 is 6.09 Å². The molecular formula is C6H10N2O2. The van der Waals surface area contributed by atoms with Crippen LogP contribution in [0.1, 0.15) is 13.8 Å². The van der Waals surface area contributed by atoms with Gasteiger partial charge in [0.1, 0.15) is 5.84 Å². The molecule has 0 aromatic carbocycles. The number of rotatable bonds is 0. The van der Waals surface area contributed by atoms with Crippen molar-refractivity contribution in [3.63, 3.8) is 0 Å². The average Bonchev–Trinajstić information content (AvgIpc) is 2.10. The summed E-state index contributed by atoms with van der Waals surface area (Å²) in [5, 5.41) is 8.55. The summed E-state index contributed by atoms with van der Waals surface area (Å²) in [5.74, 6) is 0.597. The van der Waals surface area contributed by atoms with Gasteiger partial charge in [0.2, 0.25) is 0 Å². The Labute approximate surface area is 59.2 Å². The second-order valence-electron chi connectivity index (χ2n) is 2.42. The number of aliphatic imine (C=N–C) groups is 1.